The number of aromatic nitrogens is 3. The van der Waals surface area contributed by atoms with Crippen molar-refractivity contribution in [1.29, 1.82) is 5.26 Å². The highest BCUT2D eigenvalue weighted by Crippen LogP contribution is 2.40. The molecule has 25 heavy (non-hydrogen) atoms. The molecule has 0 bridgehead atoms. The molecule has 0 aromatic carbocycles. The summed E-state index contributed by atoms with van der Waals surface area (Å²) in [6.45, 7) is 3.54. The third kappa shape index (κ3) is 3.54. The highest BCUT2D eigenvalue weighted by Gasteiger charge is 2.27. The van der Waals surface area contributed by atoms with E-state index in [4.69, 9.17) is 10.2 Å². The number of pyridine rings is 1. The van der Waals surface area contributed by atoms with Crippen LogP contribution in [-0.2, 0) is 0 Å². The van der Waals surface area contributed by atoms with E-state index < -0.39 is 0 Å². The third-order valence-corrected chi connectivity index (χ3v) is 5.24. The summed E-state index contributed by atoms with van der Waals surface area (Å²) in [7, 11) is 0. The molecule has 2 aromatic heterocycles. The molecule has 1 saturated heterocycles. The lowest BCUT2D eigenvalue weighted by Crippen LogP contribution is -2.47. The van der Waals surface area contributed by atoms with Gasteiger partial charge >= 0.3 is 0 Å². The van der Waals surface area contributed by atoms with Gasteiger partial charge in [0.15, 0.2) is 5.16 Å². The van der Waals surface area contributed by atoms with Crippen LogP contribution in [0.1, 0.15) is 30.0 Å². The average Bonchev–Trinajstić information content (AvgIpc) is 3.53. The Bertz CT molecular complexity index is 805. The van der Waals surface area contributed by atoms with Gasteiger partial charge in [-0.15, -0.1) is 0 Å². The first-order valence-corrected chi connectivity index (χ1v) is 9.78. The third-order valence-electron chi connectivity index (χ3n) is 4.69. The molecule has 1 saturated carbocycles. The molecule has 6 nitrogen and oxygen atoms in total. The zero-order valence-corrected chi connectivity index (χ0v) is 15.0. The number of nitrogens with zero attached hydrogens (tertiary/aromatic N) is 6. The Balaban J connectivity index is 1.48. The maximum atomic E-state index is 9.06. The Morgan fingerprint density at radius 3 is 2.44 bits per heavy atom. The molecule has 128 valence electrons. The van der Waals surface area contributed by atoms with Crippen LogP contribution >= 0.6 is 11.8 Å². The Labute approximate surface area is 151 Å². The molecule has 3 heterocycles. The fourth-order valence-electron chi connectivity index (χ4n) is 3.10. The first-order chi connectivity index (χ1) is 12.3. The molecule has 0 atom stereocenters. The quantitative estimate of drug-likeness (QED) is 0.619. The topological polar surface area (TPSA) is 68.9 Å². The van der Waals surface area contributed by atoms with Crippen LogP contribution in [-0.4, -0.2) is 47.4 Å². The maximum absolute atomic E-state index is 9.06. The van der Waals surface area contributed by atoms with E-state index in [1.54, 1.807) is 24.0 Å². The van der Waals surface area contributed by atoms with Gasteiger partial charge in [-0.3, -0.25) is 0 Å². The molecule has 4 rings (SSSR count). The summed E-state index contributed by atoms with van der Waals surface area (Å²) in [6, 6.07) is 7.95. The number of rotatable bonds is 4. The molecule has 2 fully saturated rings. The van der Waals surface area contributed by atoms with Crippen LogP contribution in [0.4, 0.5) is 11.6 Å². The molecule has 0 radical (unpaired) electrons. The van der Waals surface area contributed by atoms with Crippen molar-refractivity contribution >= 4 is 23.4 Å². The van der Waals surface area contributed by atoms with Gasteiger partial charge in [0.25, 0.3) is 0 Å². The fourth-order valence-corrected chi connectivity index (χ4v) is 3.48. The van der Waals surface area contributed by atoms with Crippen molar-refractivity contribution in [3.63, 3.8) is 0 Å². The van der Waals surface area contributed by atoms with Gasteiger partial charge in [-0.2, -0.15) is 5.26 Å². The summed E-state index contributed by atoms with van der Waals surface area (Å²) in [6.07, 6.45) is 6.23. The highest BCUT2D eigenvalue weighted by atomic mass is 32.2. The normalized spacial score (nSPS) is 17.4. The summed E-state index contributed by atoms with van der Waals surface area (Å²) < 4.78 is 0. The summed E-state index contributed by atoms with van der Waals surface area (Å²) in [5.41, 5.74) is 1.85. The van der Waals surface area contributed by atoms with Crippen LogP contribution in [0.3, 0.4) is 0 Å². The molecule has 2 aliphatic rings. The number of thioether (sulfide) groups is 1. The van der Waals surface area contributed by atoms with E-state index in [2.05, 4.69) is 31.9 Å². The molecule has 0 N–H and O–H groups in total. The van der Waals surface area contributed by atoms with Crippen molar-refractivity contribution in [3.8, 4) is 6.07 Å². The predicted octanol–water partition coefficient (Wildman–Crippen LogP) is 2.67. The van der Waals surface area contributed by atoms with Gasteiger partial charge in [-0.05, 0) is 31.2 Å². The van der Waals surface area contributed by atoms with Crippen LogP contribution in [0, 0.1) is 11.3 Å². The molecule has 1 aliphatic carbocycles. The average molecular weight is 352 g/mol. The van der Waals surface area contributed by atoms with Crippen LogP contribution in [0.2, 0.25) is 0 Å². The van der Waals surface area contributed by atoms with Gasteiger partial charge in [0.2, 0.25) is 0 Å². The second kappa shape index (κ2) is 6.89. The molecule has 0 unspecified atom stereocenters. The minimum absolute atomic E-state index is 0.631. The summed E-state index contributed by atoms with van der Waals surface area (Å²) in [4.78, 5) is 18.3. The zero-order chi connectivity index (χ0) is 17.2. The lowest BCUT2D eigenvalue weighted by molar-refractivity contribution is 0.636. The minimum Gasteiger partial charge on any atom is -0.353 e. The Morgan fingerprint density at radius 2 is 1.80 bits per heavy atom. The maximum Gasteiger partial charge on any atom is 0.189 e. The van der Waals surface area contributed by atoms with Crippen molar-refractivity contribution in [2.75, 3.05) is 42.2 Å². The van der Waals surface area contributed by atoms with E-state index >= 15 is 0 Å². The Hall–Kier alpha value is -2.33. The van der Waals surface area contributed by atoms with Crippen molar-refractivity contribution in [1.82, 2.24) is 15.0 Å². The summed E-state index contributed by atoms with van der Waals surface area (Å²) >= 11 is 1.61. The van der Waals surface area contributed by atoms with Gasteiger partial charge in [0.05, 0.1) is 17.3 Å². The lowest BCUT2D eigenvalue weighted by atomic mass is 10.2. The van der Waals surface area contributed by atoms with Gasteiger partial charge < -0.3 is 9.80 Å². The SMILES string of the molecule is CSc1nc(C2CC2)cc(N2CCN(c3cc(C#N)ccn3)CC2)n1. The van der Waals surface area contributed by atoms with Crippen molar-refractivity contribution in [3.05, 3.63) is 35.7 Å². The van der Waals surface area contributed by atoms with E-state index in [-0.39, 0.29) is 0 Å². The van der Waals surface area contributed by atoms with Crippen LogP contribution < -0.4 is 9.80 Å². The minimum atomic E-state index is 0.631. The van der Waals surface area contributed by atoms with Crippen molar-refractivity contribution in [2.45, 2.75) is 23.9 Å². The van der Waals surface area contributed by atoms with E-state index in [1.165, 1.54) is 18.5 Å². The second-order valence-corrected chi connectivity index (χ2v) is 7.17. The van der Waals surface area contributed by atoms with E-state index in [1.807, 2.05) is 12.3 Å². The van der Waals surface area contributed by atoms with E-state index in [9.17, 15) is 0 Å². The molecular formula is C18H20N6S. The van der Waals surface area contributed by atoms with Crippen molar-refractivity contribution < 1.29 is 0 Å². The fraction of sp³-hybridized carbons (Fsp3) is 0.444. The molecule has 1 aliphatic heterocycles. The zero-order valence-electron chi connectivity index (χ0n) is 14.2. The number of hydrogen-bond donors (Lipinski definition) is 0. The predicted molar refractivity (Wildman–Crippen MR) is 99.2 cm³/mol. The van der Waals surface area contributed by atoms with Crippen LogP contribution in [0.25, 0.3) is 0 Å². The first-order valence-electron chi connectivity index (χ1n) is 8.56. The van der Waals surface area contributed by atoms with Crippen LogP contribution in [0.5, 0.6) is 0 Å². The standard InChI is InChI=1S/C18H20N6S/c1-25-18-21-15(14-2-3-14)11-17(22-18)24-8-6-23(7-9-24)16-10-13(12-19)4-5-20-16/h4-5,10-11,14H,2-3,6-9H2,1H3. The largest absolute Gasteiger partial charge is 0.353 e. The van der Waals surface area contributed by atoms with E-state index in [0.717, 1.165) is 43.0 Å². The van der Waals surface area contributed by atoms with Gasteiger partial charge in [0, 0.05) is 44.4 Å². The highest BCUT2D eigenvalue weighted by molar-refractivity contribution is 7.98. The summed E-state index contributed by atoms with van der Waals surface area (Å²) in [5.74, 6) is 2.55. The number of piperazine rings is 1. The molecule has 0 spiro atoms. The summed E-state index contributed by atoms with van der Waals surface area (Å²) in [5, 5.41) is 9.92. The van der Waals surface area contributed by atoms with E-state index in [0.29, 0.717) is 11.5 Å². The molecule has 7 heteroatoms. The van der Waals surface area contributed by atoms with Gasteiger partial charge in [-0.25, -0.2) is 15.0 Å². The van der Waals surface area contributed by atoms with Gasteiger partial charge in [-0.1, -0.05) is 11.8 Å². The Kier molecular flexibility index (Phi) is 4.45. The van der Waals surface area contributed by atoms with Crippen molar-refractivity contribution in [2.24, 2.45) is 0 Å². The number of hydrogen-bond acceptors (Lipinski definition) is 7. The van der Waals surface area contributed by atoms with Gasteiger partial charge in [0.1, 0.15) is 11.6 Å². The number of nitriles is 1. The molecule has 0 amide bonds. The lowest BCUT2D eigenvalue weighted by Gasteiger charge is -2.36. The molecular weight excluding hydrogens is 332 g/mol. The monoisotopic (exact) mass is 352 g/mol. The first kappa shape index (κ1) is 16.2. The molecule has 2 aromatic rings. The smallest absolute Gasteiger partial charge is 0.189 e. The second-order valence-electron chi connectivity index (χ2n) is 6.40. The number of anilines is 2. The van der Waals surface area contributed by atoms with Crippen LogP contribution in [0.15, 0.2) is 29.6 Å². The Morgan fingerprint density at radius 1 is 1.08 bits per heavy atom.